The van der Waals surface area contributed by atoms with Crippen molar-refractivity contribution in [3.05, 3.63) is 48.8 Å². The molecule has 1 aromatic carbocycles. The van der Waals surface area contributed by atoms with E-state index in [4.69, 9.17) is 9.47 Å². The highest BCUT2D eigenvalue weighted by Gasteiger charge is 2.33. The van der Waals surface area contributed by atoms with Crippen molar-refractivity contribution in [2.75, 3.05) is 20.2 Å². The number of piperidine rings is 1. The summed E-state index contributed by atoms with van der Waals surface area (Å²) >= 11 is 0. The molecule has 138 valence electrons. The Morgan fingerprint density at radius 1 is 1.12 bits per heavy atom. The highest BCUT2D eigenvalue weighted by atomic mass is 32.2. The predicted octanol–water partition coefficient (Wildman–Crippen LogP) is 2.10. The maximum atomic E-state index is 12.6. The molecule has 0 spiro atoms. The first-order valence-corrected chi connectivity index (χ1v) is 9.70. The third-order valence-corrected chi connectivity index (χ3v) is 6.22. The number of rotatable bonds is 5. The molecule has 2 aromatic rings. The summed E-state index contributed by atoms with van der Waals surface area (Å²) in [7, 11) is -2.01. The molecule has 3 rings (SSSR count). The molecule has 1 aromatic heterocycles. The minimum Gasteiger partial charge on any atom is -0.497 e. The van der Waals surface area contributed by atoms with Gasteiger partial charge in [0.25, 0.3) is 0 Å². The molecule has 26 heavy (non-hydrogen) atoms. The molecule has 0 aliphatic carbocycles. The number of carbonyl (C=O) groups excluding carboxylic acids is 1. The highest BCUT2D eigenvalue weighted by Crippen LogP contribution is 2.25. The molecule has 0 radical (unpaired) electrons. The lowest BCUT2D eigenvalue weighted by Crippen LogP contribution is -2.41. The number of sulfonamides is 1. The van der Waals surface area contributed by atoms with E-state index in [0.717, 1.165) is 0 Å². The van der Waals surface area contributed by atoms with Gasteiger partial charge in [-0.25, -0.2) is 8.42 Å². The third kappa shape index (κ3) is 4.03. The largest absolute Gasteiger partial charge is 0.497 e. The molecule has 2 heterocycles. The van der Waals surface area contributed by atoms with E-state index < -0.39 is 10.0 Å². The molecule has 1 saturated heterocycles. The molecule has 0 amide bonds. The van der Waals surface area contributed by atoms with Gasteiger partial charge in [-0.3, -0.25) is 9.78 Å². The van der Waals surface area contributed by atoms with Crippen molar-refractivity contribution in [1.82, 2.24) is 9.29 Å². The first kappa shape index (κ1) is 18.3. The number of pyridine rings is 1. The maximum absolute atomic E-state index is 12.6. The summed E-state index contributed by atoms with van der Waals surface area (Å²) in [6.07, 6.45) is 3.71. The van der Waals surface area contributed by atoms with Gasteiger partial charge in [0.05, 0.1) is 13.0 Å². The van der Waals surface area contributed by atoms with Gasteiger partial charge in [-0.15, -0.1) is 0 Å². The Labute approximate surface area is 152 Å². The van der Waals surface area contributed by atoms with Crippen LogP contribution in [0.2, 0.25) is 0 Å². The zero-order chi connectivity index (χ0) is 18.6. The molecule has 1 fully saturated rings. The van der Waals surface area contributed by atoms with Crippen LogP contribution in [-0.2, 0) is 14.8 Å². The van der Waals surface area contributed by atoms with Crippen molar-refractivity contribution in [1.29, 1.82) is 0 Å². The van der Waals surface area contributed by atoms with Crippen molar-refractivity contribution in [3.8, 4) is 11.5 Å². The Morgan fingerprint density at radius 2 is 1.77 bits per heavy atom. The van der Waals surface area contributed by atoms with Crippen molar-refractivity contribution in [3.63, 3.8) is 0 Å². The number of methoxy groups -OCH3 is 1. The molecular weight excluding hydrogens is 356 g/mol. The summed E-state index contributed by atoms with van der Waals surface area (Å²) in [5, 5.41) is 0. The summed E-state index contributed by atoms with van der Waals surface area (Å²) < 4.78 is 37.0. The van der Waals surface area contributed by atoms with Crippen LogP contribution in [-0.4, -0.2) is 43.9 Å². The van der Waals surface area contributed by atoms with Crippen molar-refractivity contribution in [2.24, 2.45) is 5.92 Å². The molecule has 1 aliphatic heterocycles. The molecule has 7 nitrogen and oxygen atoms in total. The van der Waals surface area contributed by atoms with Crippen LogP contribution >= 0.6 is 0 Å². The van der Waals surface area contributed by atoms with E-state index in [-0.39, 0.29) is 29.9 Å². The third-order valence-electron chi connectivity index (χ3n) is 4.34. The summed E-state index contributed by atoms with van der Waals surface area (Å²) in [5.41, 5.74) is 0. The Hall–Kier alpha value is -2.45. The van der Waals surface area contributed by atoms with E-state index in [2.05, 4.69) is 4.98 Å². The van der Waals surface area contributed by atoms with E-state index in [1.54, 1.807) is 37.4 Å². The molecule has 0 unspecified atom stereocenters. The minimum absolute atomic E-state index is 0.166. The quantitative estimate of drug-likeness (QED) is 0.587. The Kier molecular flexibility index (Phi) is 5.53. The first-order chi connectivity index (χ1) is 12.5. The topological polar surface area (TPSA) is 85.8 Å². The van der Waals surface area contributed by atoms with E-state index in [9.17, 15) is 13.2 Å². The average molecular weight is 376 g/mol. The van der Waals surface area contributed by atoms with Crippen molar-refractivity contribution >= 4 is 16.0 Å². The molecule has 0 bridgehead atoms. The number of nitrogens with zero attached hydrogens (tertiary/aromatic N) is 2. The van der Waals surface area contributed by atoms with E-state index in [0.29, 0.717) is 24.3 Å². The van der Waals surface area contributed by atoms with Crippen LogP contribution < -0.4 is 9.47 Å². The summed E-state index contributed by atoms with van der Waals surface area (Å²) in [4.78, 5) is 16.3. The molecule has 0 N–H and O–H groups in total. The standard InChI is InChI=1S/C18H20N2O5S/c1-24-15-4-6-16(7-5-15)25-18(21)14-8-11-20(12-9-14)26(22,23)17-3-2-10-19-13-17/h2-7,10,13-14H,8-9,11-12H2,1H3. The van der Waals surface area contributed by atoms with Gasteiger partial charge >= 0.3 is 5.97 Å². The number of benzene rings is 1. The number of hydrogen-bond acceptors (Lipinski definition) is 6. The highest BCUT2D eigenvalue weighted by molar-refractivity contribution is 7.89. The van der Waals surface area contributed by atoms with Crippen LogP contribution in [0.3, 0.4) is 0 Å². The second kappa shape index (κ2) is 7.84. The van der Waals surface area contributed by atoms with Gasteiger partial charge in [0.15, 0.2) is 0 Å². The number of hydrogen-bond donors (Lipinski definition) is 0. The summed E-state index contributed by atoms with van der Waals surface area (Å²) in [6, 6.07) is 9.87. The summed E-state index contributed by atoms with van der Waals surface area (Å²) in [6.45, 7) is 0.555. The van der Waals surface area contributed by atoms with Gasteiger partial charge in [0.1, 0.15) is 16.4 Å². The minimum atomic E-state index is -3.57. The maximum Gasteiger partial charge on any atom is 0.314 e. The second-order valence-corrected chi connectivity index (χ2v) is 7.90. The van der Waals surface area contributed by atoms with E-state index >= 15 is 0 Å². The molecule has 0 saturated carbocycles. The lowest BCUT2D eigenvalue weighted by atomic mass is 9.98. The molecule has 0 atom stereocenters. The smallest absolute Gasteiger partial charge is 0.314 e. The fourth-order valence-corrected chi connectivity index (χ4v) is 4.26. The summed E-state index contributed by atoms with van der Waals surface area (Å²) in [5.74, 6) is 0.464. The molecular formula is C18H20N2O5S. The van der Waals surface area contributed by atoms with Crippen LogP contribution in [0.25, 0.3) is 0 Å². The Balaban J connectivity index is 1.58. The fourth-order valence-electron chi connectivity index (χ4n) is 2.82. The SMILES string of the molecule is COc1ccc(OC(=O)C2CCN(S(=O)(=O)c3cccnc3)CC2)cc1. The number of carbonyl (C=O) groups is 1. The fraction of sp³-hybridized carbons (Fsp3) is 0.333. The Morgan fingerprint density at radius 3 is 2.35 bits per heavy atom. The normalized spacial score (nSPS) is 16.2. The predicted molar refractivity (Wildman–Crippen MR) is 94.3 cm³/mol. The zero-order valence-corrected chi connectivity index (χ0v) is 15.2. The van der Waals surface area contributed by atoms with Gasteiger partial charge in [0.2, 0.25) is 10.0 Å². The molecule has 1 aliphatic rings. The van der Waals surface area contributed by atoms with Gasteiger partial charge in [-0.2, -0.15) is 4.31 Å². The number of esters is 1. The number of ether oxygens (including phenoxy) is 2. The van der Waals surface area contributed by atoms with Crippen LogP contribution in [0.5, 0.6) is 11.5 Å². The number of aromatic nitrogens is 1. The van der Waals surface area contributed by atoms with Crippen LogP contribution in [0.4, 0.5) is 0 Å². The second-order valence-electron chi connectivity index (χ2n) is 5.96. The lowest BCUT2D eigenvalue weighted by molar-refractivity contribution is -0.140. The van der Waals surface area contributed by atoms with Gasteiger partial charge in [-0.1, -0.05) is 0 Å². The zero-order valence-electron chi connectivity index (χ0n) is 14.4. The van der Waals surface area contributed by atoms with E-state index in [1.807, 2.05) is 0 Å². The van der Waals surface area contributed by atoms with E-state index in [1.165, 1.54) is 22.8 Å². The Bertz CT molecular complexity index is 845. The van der Waals surface area contributed by atoms with Gasteiger partial charge in [-0.05, 0) is 49.2 Å². The van der Waals surface area contributed by atoms with Crippen LogP contribution in [0.1, 0.15) is 12.8 Å². The van der Waals surface area contributed by atoms with Crippen LogP contribution in [0.15, 0.2) is 53.7 Å². The van der Waals surface area contributed by atoms with Gasteiger partial charge < -0.3 is 9.47 Å². The first-order valence-electron chi connectivity index (χ1n) is 8.26. The van der Waals surface area contributed by atoms with Crippen LogP contribution in [0, 0.1) is 5.92 Å². The monoisotopic (exact) mass is 376 g/mol. The average Bonchev–Trinajstić information content (AvgIpc) is 2.69. The van der Waals surface area contributed by atoms with Crippen molar-refractivity contribution in [2.45, 2.75) is 17.7 Å². The molecule has 8 heteroatoms. The van der Waals surface area contributed by atoms with Crippen molar-refractivity contribution < 1.29 is 22.7 Å². The van der Waals surface area contributed by atoms with Gasteiger partial charge in [0, 0.05) is 25.5 Å². The lowest BCUT2D eigenvalue weighted by Gasteiger charge is -2.29.